The van der Waals surface area contributed by atoms with Crippen molar-refractivity contribution in [2.75, 3.05) is 13.2 Å². The van der Waals surface area contributed by atoms with E-state index in [-0.39, 0.29) is 54.1 Å². The molecule has 1 aromatic carbocycles. The summed E-state index contributed by atoms with van der Waals surface area (Å²) in [7, 11) is 0. The fraction of sp³-hybridized carbons (Fsp3) is 0.714. The molecule has 3 amide bonds. The van der Waals surface area contributed by atoms with Crippen molar-refractivity contribution in [3.05, 3.63) is 35.4 Å². The molecule has 3 fully saturated rings. The lowest BCUT2D eigenvalue weighted by Crippen LogP contribution is -2.50. The molecule has 2 aliphatic carbocycles. The van der Waals surface area contributed by atoms with Crippen LogP contribution in [0.1, 0.15) is 121 Å². The maximum Gasteiger partial charge on any atom is 0.407 e. The Morgan fingerprint density at radius 3 is 2.23 bits per heavy atom. The minimum Gasteiger partial charge on any atom is -0.462 e. The molecule has 9 heteroatoms. The van der Waals surface area contributed by atoms with E-state index in [0.717, 1.165) is 50.5 Å². The lowest BCUT2D eigenvalue weighted by atomic mass is 9.70. The van der Waals surface area contributed by atoms with Gasteiger partial charge in [-0.3, -0.25) is 9.59 Å². The maximum atomic E-state index is 14.3. The van der Waals surface area contributed by atoms with Gasteiger partial charge in [-0.25, -0.2) is 9.59 Å². The van der Waals surface area contributed by atoms with Crippen molar-refractivity contribution >= 4 is 23.9 Å². The molecule has 4 atom stereocenters. The average Bonchev–Trinajstić information content (AvgIpc) is 3.40. The van der Waals surface area contributed by atoms with E-state index in [1.165, 1.54) is 6.42 Å². The third-order valence-electron chi connectivity index (χ3n) is 10.0. The van der Waals surface area contributed by atoms with E-state index in [4.69, 9.17) is 15.2 Å². The van der Waals surface area contributed by atoms with Gasteiger partial charge in [0.25, 0.3) is 0 Å². The van der Waals surface area contributed by atoms with Crippen LogP contribution in [0.15, 0.2) is 24.3 Å². The Balaban J connectivity index is 1.55. The number of primary amides is 1. The van der Waals surface area contributed by atoms with Crippen molar-refractivity contribution in [2.24, 2.45) is 29.4 Å². The smallest absolute Gasteiger partial charge is 0.407 e. The Morgan fingerprint density at radius 1 is 0.977 bits per heavy atom. The van der Waals surface area contributed by atoms with E-state index in [0.29, 0.717) is 24.9 Å². The summed E-state index contributed by atoms with van der Waals surface area (Å²) in [5.41, 5.74) is 6.91. The minimum atomic E-state index is -0.708. The molecule has 2 unspecified atom stereocenters. The van der Waals surface area contributed by atoms with Crippen LogP contribution in [0.4, 0.5) is 4.79 Å². The number of amides is 3. The van der Waals surface area contributed by atoms with Gasteiger partial charge in [0.1, 0.15) is 11.6 Å². The minimum absolute atomic E-state index is 0.0164. The van der Waals surface area contributed by atoms with Gasteiger partial charge in [-0.1, -0.05) is 57.2 Å². The number of esters is 1. The lowest BCUT2D eigenvalue weighted by molar-refractivity contribution is -0.143. The molecule has 0 spiro atoms. The zero-order chi connectivity index (χ0) is 32.0. The molecule has 0 bridgehead atoms. The third kappa shape index (κ3) is 7.94. The van der Waals surface area contributed by atoms with Crippen LogP contribution in [0.25, 0.3) is 0 Å². The highest BCUT2D eigenvalue weighted by atomic mass is 16.6. The van der Waals surface area contributed by atoms with Crippen molar-refractivity contribution in [1.82, 2.24) is 10.2 Å². The Morgan fingerprint density at radius 2 is 1.64 bits per heavy atom. The number of hydrogen-bond acceptors (Lipinski definition) is 6. The van der Waals surface area contributed by atoms with Crippen LogP contribution in [0.2, 0.25) is 0 Å². The molecule has 3 N–H and O–H groups in total. The molecule has 0 aromatic heterocycles. The van der Waals surface area contributed by atoms with Gasteiger partial charge >= 0.3 is 12.1 Å². The molecular weight excluding hydrogens is 558 g/mol. The molecule has 4 rings (SSSR count). The van der Waals surface area contributed by atoms with Crippen LogP contribution in [0.3, 0.4) is 0 Å². The van der Waals surface area contributed by atoms with Crippen molar-refractivity contribution in [3.8, 4) is 0 Å². The van der Waals surface area contributed by atoms with Gasteiger partial charge < -0.3 is 25.4 Å². The fourth-order valence-corrected chi connectivity index (χ4v) is 8.09. The molecule has 1 heterocycles. The normalized spacial score (nSPS) is 26.9. The number of likely N-dealkylation sites (tertiary alicyclic amines) is 1. The van der Waals surface area contributed by atoms with E-state index < -0.39 is 23.6 Å². The number of carbonyl (C=O) groups excluding carboxylic acids is 4. The molecule has 1 aliphatic heterocycles. The van der Waals surface area contributed by atoms with Gasteiger partial charge in [-0.05, 0) is 89.2 Å². The summed E-state index contributed by atoms with van der Waals surface area (Å²) < 4.78 is 10.9. The highest BCUT2D eigenvalue weighted by molar-refractivity contribution is 5.92. The second-order valence-electron chi connectivity index (χ2n) is 14.0. The standard InChI is InChI=1S/C35H53N3O6/c1-6-28(37-34(42)44-35(3,4)5)22-17-19-24(20-18-22)32(40)38-21-27(25-15-11-12-16-26(25)33(41)43-7-2)29(30(38)31(36)39)23-13-9-8-10-14-23/h11-12,15-16,22-24,27-30H,6-10,13-14,17-21H2,1-5H3,(H2,36,39)(H,37,42)/t22?,24?,27?,28?,29-,30+/m1/s1. The van der Waals surface area contributed by atoms with E-state index in [1.54, 1.807) is 17.9 Å². The zero-order valence-electron chi connectivity index (χ0n) is 27.3. The lowest BCUT2D eigenvalue weighted by Gasteiger charge is -2.37. The Bertz CT molecular complexity index is 1170. The van der Waals surface area contributed by atoms with Gasteiger partial charge in [0.2, 0.25) is 11.8 Å². The molecular formula is C35H53N3O6. The van der Waals surface area contributed by atoms with Crippen LogP contribution in [0, 0.1) is 23.7 Å². The summed E-state index contributed by atoms with van der Waals surface area (Å²) in [6.45, 7) is 10.0. The summed E-state index contributed by atoms with van der Waals surface area (Å²) in [6.07, 6.45) is 8.69. The monoisotopic (exact) mass is 611 g/mol. The van der Waals surface area contributed by atoms with Crippen LogP contribution in [-0.4, -0.2) is 59.6 Å². The number of nitrogens with one attached hydrogen (secondary N) is 1. The van der Waals surface area contributed by atoms with E-state index in [9.17, 15) is 19.2 Å². The highest BCUT2D eigenvalue weighted by Crippen LogP contribution is 2.48. The van der Waals surface area contributed by atoms with Gasteiger partial charge in [-0.2, -0.15) is 0 Å². The molecule has 244 valence electrons. The first-order valence-corrected chi connectivity index (χ1v) is 16.8. The van der Waals surface area contributed by atoms with E-state index in [1.807, 2.05) is 39.0 Å². The summed E-state index contributed by atoms with van der Waals surface area (Å²) >= 11 is 0. The number of nitrogens with two attached hydrogens (primary N) is 1. The number of nitrogens with zero attached hydrogens (tertiary/aromatic N) is 1. The van der Waals surface area contributed by atoms with E-state index >= 15 is 0 Å². The SMILES string of the molecule is CCOC(=O)c1ccccc1C1CN(C(=O)C2CCC(C(CC)NC(=O)OC(C)(C)C)CC2)[C@H](C(N)=O)[C@@H]1C1CCCCC1. The number of rotatable bonds is 9. The summed E-state index contributed by atoms with van der Waals surface area (Å²) in [4.78, 5) is 54.7. The predicted molar refractivity (Wildman–Crippen MR) is 169 cm³/mol. The van der Waals surface area contributed by atoms with Gasteiger partial charge in [-0.15, -0.1) is 0 Å². The Hall–Kier alpha value is -3.10. The number of benzene rings is 1. The van der Waals surface area contributed by atoms with Gasteiger partial charge in [0.15, 0.2) is 0 Å². The quantitative estimate of drug-likeness (QED) is 0.332. The molecule has 1 saturated heterocycles. The Kier molecular flexibility index (Phi) is 11.4. The zero-order valence-corrected chi connectivity index (χ0v) is 27.3. The number of ether oxygens (including phenoxy) is 2. The summed E-state index contributed by atoms with van der Waals surface area (Å²) in [5, 5.41) is 3.05. The first-order chi connectivity index (χ1) is 20.9. The largest absolute Gasteiger partial charge is 0.462 e. The molecule has 9 nitrogen and oxygen atoms in total. The maximum absolute atomic E-state index is 14.3. The Labute approximate surface area is 263 Å². The number of hydrogen-bond donors (Lipinski definition) is 2. The third-order valence-corrected chi connectivity index (χ3v) is 10.0. The van der Waals surface area contributed by atoms with Crippen molar-refractivity contribution in [2.45, 2.75) is 122 Å². The molecule has 44 heavy (non-hydrogen) atoms. The number of carbonyl (C=O) groups is 4. The van der Waals surface area contributed by atoms with Crippen molar-refractivity contribution in [1.29, 1.82) is 0 Å². The second kappa shape index (κ2) is 14.8. The van der Waals surface area contributed by atoms with E-state index in [2.05, 4.69) is 12.2 Å². The van der Waals surface area contributed by atoms with Crippen molar-refractivity contribution < 1.29 is 28.7 Å². The first kappa shape index (κ1) is 33.8. The average molecular weight is 612 g/mol. The topological polar surface area (TPSA) is 128 Å². The van der Waals surface area contributed by atoms with Crippen LogP contribution in [0.5, 0.6) is 0 Å². The van der Waals surface area contributed by atoms with Gasteiger partial charge in [0.05, 0.1) is 12.2 Å². The van der Waals surface area contributed by atoms with Crippen LogP contribution in [-0.2, 0) is 19.1 Å². The van der Waals surface area contributed by atoms with Crippen LogP contribution < -0.4 is 11.1 Å². The number of alkyl carbamates (subject to hydrolysis) is 1. The second-order valence-corrected chi connectivity index (χ2v) is 14.0. The summed E-state index contributed by atoms with van der Waals surface area (Å²) in [6, 6.07) is 6.75. The fourth-order valence-electron chi connectivity index (χ4n) is 8.09. The molecule has 3 aliphatic rings. The van der Waals surface area contributed by atoms with Crippen molar-refractivity contribution in [3.63, 3.8) is 0 Å². The first-order valence-electron chi connectivity index (χ1n) is 16.8. The molecule has 1 aromatic rings. The van der Waals surface area contributed by atoms with Gasteiger partial charge in [0, 0.05) is 24.4 Å². The highest BCUT2D eigenvalue weighted by Gasteiger charge is 2.52. The molecule has 2 saturated carbocycles. The molecule has 0 radical (unpaired) electrons. The predicted octanol–water partition coefficient (Wildman–Crippen LogP) is 5.95. The summed E-state index contributed by atoms with van der Waals surface area (Å²) in [5.74, 6) is -0.901. The van der Waals surface area contributed by atoms with Crippen LogP contribution >= 0.6 is 0 Å².